The molecule has 0 aliphatic carbocycles. The van der Waals surface area contributed by atoms with Gasteiger partial charge < -0.3 is 5.11 Å². The summed E-state index contributed by atoms with van der Waals surface area (Å²) in [6, 6.07) is 6.05. The molecule has 7 nitrogen and oxygen atoms in total. The molecule has 9 heteroatoms. The van der Waals surface area contributed by atoms with E-state index >= 15 is 0 Å². The van der Waals surface area contributed by atoms with Crippen LogP contribution in [0.25, 0.3) is 0 Å². The lowest BCUT2D eigenvalue weighted by Gasteiger charge is -2.25. The van der Waals surface area contributed by atoms with E-state index in [4.69, 9.17) is 16.7 Å². The van der Waals surface area contributed by atoms with Crippen LogP contribution in [-0.2, 0) is 14.8 Å². The lowest BCUT2D eigenvalue weighted by Crippen LogP contribution is -2.37. The number of sulfonamides is 1. The van der Waals surface area contributed by atoms with E-state index in [1.54, 1.807) is 11.9 Å². The summed E-state index contributed by atoms with van der Waals surface area (Å²) in [5, 5.41) is 18.4. The number of rotatable bonds is 5. The van der Waals surface area contributed by atoms with Crippen LogP contribution in [0.5, 0.6) is 0 Å². The van der Waals surface area contributed by atoms with Gasteiger partial charge in [0, 0.05) is 24.2 Å². The van der Waals surface area contributed by atoms with E-state index in [1.807, 2.05) is 6.07 Å². The van der Waals surface area contributed by atoms with Crippen molar-refractivity contribution >= 4 is 27.6 Å². The minimum atomic E-state index is -3.80. The predicted molar refractivity (Wildman–Crippen MR) is 92.8 cm³/mol. The van der Waals surface area contributed by atoms with E-state index in [-0.39, 0.29) is 29.6 Å². The molecule has 1 unspecified atom stereocenters. The van der Waals surface area contributed by atoms with Crippen molar-refractivity contribution in [1.82, 2.24) is 9.21 Å². The predicted octanol–water partition coefficient (Wildman–Crippen LogP) is 1.77. The summed E-state index contributed by atoms with van der Waals surface area (Å²) in [5.41, 5.74) is 0.0243. The van der Waals surface area contributed by atoms with Crippen molar-refractivity contribution < 1.29 is 18.3 Å². The Kier molecular flexibility index (Phi) is 6.41. The SMILES string of the molecule is CN(CC(=O)O)C1CCCN(S(=O)(=O)c2ccc(Cl)cc2C#N)CC1. The van der Waals surface area contributed by atoms with Gasteiger partial charge in [-0.3, -0.25) is 9.69 Å². The Bertz CT molecular complexity index is 791. The number of hydrogen-bond acceptors (Lipinski definition) is 5. The van der Waals surface area contributed by atoms with E-state index in [0.29, 0.717) is 24.4 Å². The number of carboxylic acids is 1. The lowest BCUT2D eigenvalue weighted by molar-refractivity contribution is -0.138. The molecule has 1 aliphatic rings. The molecule has 1 aromatic rings. The molecule has 0 spiro atoms. The monoisotopic (exact) mass is 385 g/mol. The molecule has 1 atom stereocenters. The Morgan fingerprint density at radius 2 is 2.16 bits per heavy atom. The summed E-state index contributed by atoms with van der Waals surface area (Å²) in [6.45, 7) is 0.547. The molecule has 0 aromatic heterocycles. The maximum absolute atomic E-state index is 12.9. The largest absolute Gasteiger partial charge is 0.480 e. The number of carboxylic acid groups (broad SMARTS) is 1. The first-order valence-electron chi connectivity index (χ1n) is 7.87. The molecule has 1 N–H and O–H groups in total. The Labute approximate surface area is 152 Å². The second-order valence-electron chi connectivity index (χ2n) is 6.05. The number of nitrogens with zero attached hydrogens (tertiary/aromatic N) is 3. The fraction of sp³-hybridized carbons (Fsp3) is 0.500. The Morgan fingerprint density at radius 1 is 1.44 bits per heavy atom. The van der Waals surface area contributed by atoms with Crippen molar-refractivity contribution in [1.29, 1.82) is 5.26 Å². The number of halogens is 1. The van der Waals surface area contributed by atoms with Crippen LogP contribution in [0.2, 0.25) is 5.02 Å². The third kappa shape index (κ3) is 4.70. The van der Waals surface area contributed by atoms with Gasteiger partial charge in [0.15, 0.2) is 0 Å². The Balaban J connectivity index is 2.19. The molecule has 0 radical (unpaired) electrons. The fourth-order valence-corrected chi connectivity index (χ4v) is 4.82. The van der Waals surface area contributed by atoms with Crippen LogP contribution in [0.4, 0.5) is 0 Å². The van der Waals surface area contributed by atoms with Gasteiger partial charge in [0.2, 0.25) is 10.0 Å². The highest BCUT2D eigenvalue weighted by atomic mass is 35.5. The van der Waals surface area contributed by atoms with Crippen molar-refractivity contribution in [2.75, 3.05) is 26.7 Å². The summed E-state index contributed by atoms with van der Waals surface area (Å²) in [7, 11) is -2.07. The van der Waals surface area contributed by atoms with Gasteiger partial charge in [0.1, 0.15) is 11.0 Å². The van der Waals surface area contributed by atoms with E-state index in [9.17, 15) is 18.5 Å². The second-order valence-corrected chi connectivity index (χ2v) is 8.39. The minimum Gasteiger partial charge on any atom is -0.480 e. The first-order valence-corrected chi connectivity index (χ1v) is 9.69. The summed E-state index contributed by atoms with van der Waals surface area (Å²) in [5.74, 6) is -0.906. The zero-order chi connectivity index (χ0) is 18.6. The average molecular weight is 386 g/mol. The number of likely N-dealkylation sites (N-methyl/N-ethyl adjacent to an activating group) is 1. The molecule has 1 fully saturated rings. The first-order chi connectivity index (χ1) is 11.8. The van der Waals surface area contributed by atoms with Crippen LogP contribution in [0.1, 0.15) is 24.8 Å². The van der Waals surface area contributed by atoms with Gasteiger partial charge in [0.25, 0.3) is 0 Å². The van der Waals surface area contributed by atoms with Crippen LogP contribution in [-0.4, -0.2) is 61.4 Å². The van der Waals surface area contributed by atoms with E-state index in [0.717, 1.165) is 6.42 Å². The quantitative estimate of drug-likeness (QED) is 0.828. The van der Waals surface area contributed by atoms with Gasteiger partial charge in [-0.05, 0) is 44.5 Å². The molecule has 1 saturated heterocycles. The summed E-state index contributed by atoms with van der Waals surface area (Å²) >= 11 is 5.84. The smallest absolute Gasteiger partial charge is 0.317 e. The lowest BCUT2D eigenvalue weighted by atomic mass is 10.1. The summed E-state index contributed by atoms with van der Waals surface area (Å²) < 4.78 is 27.2. The van der Waals surface area contributed by atoms with Crippen molar-refractivity contribution in [3.8, 4) is 6.07 Å². The third-order valence-corrected chi connectivity index (χ3v) is 6.54. The molecule has 0 saturated carbocycles. The number of benzene rings is 1. The normalized spacial score (nSPS) is 19.4. The van der Waals surface area contributed by atoms with E-state index < -0.39 is 16.0 Å². The molecular weight excluding hydrogens is 366 g/mol. The molecule has 1 aliphatic heterocycles. The molecular formula is C16H20ClN3O4S. The van der Waals surface area contributed by atoms with Gasteiger partial charge >= 0.3 is 5.97 Å². The Morgan fingerprint density at radius 3 is 2.80 bits per heavy atom. The van der Waals surface area contributed by atoms with E-state index in [2.05, 4.69) is 0 Å². The number of nitriles is 1. The highest BCUT2D eigenvalue weighted by molar-refractivity contribution is 7.89. The van der Waals surface area contributed by atoms with Gasteiger partial charge in [-0.1, -0.05) is 11.6 Å². The molecule has 1 heterocycles. The van der Waals surface area contributed by atoms with Crippen LogP contribution in [0, 0.1) is 11.3 Å². The van der Waals surface area contributed by atoms with Crippen LogP contribution in [0.15, 0.2) is 23.1 Å². The van der Waals surface area contributed by atoms with E-state index in [1.165, 1.54) is 22.5 Å². The first kappa shape index (κ1) is 19.7. The summed E-state index contributed by atoms with van der Waals surface area (Å²) in [4.78, 5) is 12.5. The zero-order valence-electron chi connectivity index (χ0n) is 13.9. The highest BCUT2D eigenvalue weighted by Crippen LogP contribution is 2.26. The average Bonchev–Trinajstić information content (AvgIpc) is 2.80. The van der Waals surface area contributed by atoms with Crippen molar-refractivity contribution in [3.05, 3.63) is 28.8 Å². The number of carbonyl (C=O) groups is 1. The van der Waals surface area contributed by atoms with Crippen LogP contribution < -0.4 is 0 Å². The topological polar surface area (TPSA) is 102 Å². The van der Waals surface area contributed by atoms with Gasteiger partial charge in [0.05, 0.1) is 12.1 Å². The molecule has 0 amide bonds. The molecule has 136 valence electrons. The number of aliphatic carboxylic acids is 1. The minimum absolute atomic E-state index is 0.0111. The van der Waals surface area contributed by atoms with Crippen LogP contribution in [0.3, 0.4) is 0 Å². The molecule has 2 rings (SSSR count). The highest BCUT2D eigenvalue weighted by Gasteiger charge is 2.30. The standard InChI is InChI=1S/C16H20ClN3O4S/c1-19(11-16(21)22)14-3-2-7-20(8-6-14)25(23,24)15-5-4-13(17)9-12(15)10-18/h4-5,9,14H,2-3,6-8,11H2,1H3,(H,21,22). The summed E-state index contributed by atoms with van der Waals surface area (Å²) in [6.07, 6.45) is 1.89. The molecule has 1 aromatic carbocycles. The molecule has 25 heavy (non-hydrogen) atoms. The Hall–Kier alpha value is -1.66. The van der Waals surface area contributed by atoms with Gasteiger partial charge in [-0.2, -0.15) is 9.57 Å². The second kappa shape index (κ2) is 8.15. The van der Waals surface area contributed by atoms with Crippen LogP contribution >= 0.6 is 11.6 Å². The third-order valence-electron chi connectivity index (χ3n) is 4.34. The zero-order valence-corrected chi connectivity index (χ0v) is 15.4. The maximum atomic E-state index is 12.9. The molecule has 0 bridgehead atoms. The van der Waals surface area contributed by atoms with Crippen molar-refractivity contribution in [2.45, 2.75) is 30.2 Å². The van der Waals surface area contributed by atoms with Gasteiger partial charge in [-0.15, -0.1) is 0 Å². The van der Waals surface area contributed by atoms with Crippen molar-refractivity contribution in [3.63, 3.8) is 0 Å². The van der Waals surface area contributed by atoms with Crippen molar-refractivity contribution in [2.24, 2.45) is 0 Å². The van der Waals surface area contributed by atoms with Gasteiger partial charge in [-0.25, -0.2) is 8.42 Å². The number of hydrogen-bond donors (Lipinski definition) is 1. The maximum Gasteiger partial charge on any atom is 0.317 e. The fourth-order valence-electron chi connectivity index (χ4n) is 3.03.